The van der Waals surface area contributed by atoms with Gasteiger partial charge in [0, 0.05) is 17.4 Å². The first kappa shape index (κ1) is 10.7. The number of halogens is 2. The molecule has 0 aliphatic carbocycles. The number of nitrogens with one attached hydrogen (secondary N) is 1. The number of fused-ring (bicyclic) bond motifs is 1. The molecule has 0 saturated carbocycles. The number of hydrogen-bond acceptors (Lipinski definition) is 2. The lowest BCUT2D eigenvalue weighted by molar-refractivity contribution is 1.02. The van der Waals surface area contributed by atoms with Gasteiger partial charge in [0.1, 0.15) is 5.82 Å². The molecule has 0 fully saturated rings. The van der Waals surface area contributed by atoms with E-state index in [9.17, 15) is 0 Å². The average molecular weight is 266 g/mol. The Labute approximate surface area is 109 Å². The smallest absolute Gasteiger partial charge is 0.120 e. The van der Waals surface area contributed by atoms with E-state index in [1.54, 1.807) is 12.4 Å². The Balaban J connectivity index is 2.10. The molecule has 0 spiro atoms. The maximum atomic E-state index is 6.02. The van der Waals surface area contributed by atoms with Crippen molar-refractivity contribution in [3.05, 3.63) is 46.1 Å². The Morgan fingerprint density at radius 2 is 2.06 bits per heavy atom. The van der Waals surface area contributed by atoms with Crippen LogP contribution in [0.4, 0.5) is 5.82 Å². The molecule has 1 aromatic heterocycles. The summed E-state index contributed by atoms with van der Waals surface area (Å²) >= 11 is 11.9. The lowest BCUT2D eigenvalue weighted by atomic mass is 10.3. The maximum absolute atomic E-state index is 6.02. The summed E-state index contributed by atoms with van der Waals surface area (Å²) in [5, 5.41) is 4.25. The number of aromatic nitrogens is 1. The fraction of sp³-hybridized carbons (Fsp3) is 0.0833. The number of hydrogen-bond donors (Lipinski definition) is 1. The van der Waals surface area contributed by atoms with Crippen LogP contribution in [0.25, 0.3) is 5.69 Å². The van der Waals surface area contributed by atoms with Gasteiger partial charge in [0.2, 0.25) is 0 Å². The molecule has 2 heterocycles. The van der Waals surface area contributed by atoms with Gasteiger partial charge in [0.05, 0.1) is 22.9 Å². The molecule has 0 saturated heterocycles. The second kappa shape index (κ2) is 4.09. The minimum Gasteiger partial charge on any atom is -0.332 e. The van der Waals surface area contributed by atoms with Gasteiger partial charge in [-0.05, 0) is 24.3 Å². The van der Waals surface area contributed by atoms with Crippen LogP contribution in [0.15, 0.2) is 35.5 Å². The first-order valence-electron chi connectivity index (χ1n) is 5.16. The van der Waals surface area contributed by atoms with E-state index in [0.717, 1.165) is 11.5 Å². The second-order valence-electron chi connectivity index (χ2n) is 3.77. The van der Waals surface area contributed by atoms with E-state index in [1.165, 1.54) is 5.56 Å². The molecule has 1 aromatic carbocycles. The van der Waals surface area contributed by atoms with Gasteiger partial charge >= 0.3 is 0 Å². The molecule has 2 aromatic rings. The molecule has 1 aliphatic heterocycles. The molecule has 0 unspecified atom stereocenters. The molecule has 0 radical (unpaired) electrons. The van der Waals surface area contributed by atoms with Crippen LogP contribution in [-0.4, -0.2) is 10.9 Å². The van der Waals surface area contributed by atoms with Crippen LogP contribution in [0.2, 0.25) is 10.0 Å². The number of aliphatic imine (C=N–C) groups is 1. The Morgan fingerprint density at radius 3 is 2.88 bits per heavy atom. The number of nitrogens with zero attached hydrogens (tertiary/aromatic N) is 2. The third-order valence-corrected chi connectivity index (χ3v) is 3.44. The normalized spacial score (nSPS) is 13.3. The summed E-state index contributed by atoms with van der Waals surface area (Å²) < 4.78 is 2.03. The fourth-order valence-corrected chi connectivity index (χ4v) is 2.16. The highest BCUT2D eigenvalue weighted by Crippen LogP contribution is 2.29. The molecular weight excluding hydrogens is 257 g/mol. The highest BCUT2D eigenvalue weighted by Gasteiger charge is 2.12. The maximum Gasteiger partial charge on any atom is 0.120 e. The summed E-state index contributed by atoms with van der Waals surface area (Å²) in [6, 6.07) is 7.61. The van der Waals surface area contributed by atoms with E-state index in [-0.39, 0.29) is 0 Å². The summed E-state index contributed by atoms with van der Waals surface area (Å²) in [7, 11) is 0. The highest BCUT2D eigenvalue weighted by atomic mass is 35.5. The number of rotatable bonds is 1. The van der Waals surface area contributed by atoms with Crippen molar-refractivity contribution in [2.75, 3.05) is 5.32 Å². The average Bonchev–Trinajstić information content (AvgIpc) is 2.76. The van der Waals surface area contributed by atoms with Crippen molar-refractivity contribution in [1.29, 1.82) is 0 Å². The minimum atomic E-state index is 0.552. The van der Waals surface area contributed by atoms with Crippen molar-refractivity contribution in [3.8, 4) is 5.69 Å². The van der Waals surface area contributed by atoms with Crippen LogP contribution in [0.3, 0.4) is 0 Å². The van der Waals surface area contributed by atoms with Crippen LogP contribution >= 0.6 is 23.2 Å². The third-order valence-electron chi connectivity index (χ3n) is 2.71. The minimum absolute atomic E-state index is 0.552. The van der Waals surface area contributed by atoms with Crippen LogP contribution in [0.5, 0.6) is 0 Å². The van der Waals surface area contributed by atoms with E-state index in [2.05, 4.69) is 10.3 Å². The van der Waals surface area contributed by atoms with Gasteiger partial charge in [0.15, 0.2) is 0 Å². The molecular formula is C12H9Cl2N3. The van der Waals surface area contributed by atoms with Crippen LogP contribution < -0.4 is 5.32 Å². The van der Waals surface area contributed by atoms with Crippen molar-refractivity contribution >= 4 is 35.4 Å². The van der Waals surface area contributed by atoms with Crippen molar-refractivity contribution in [2.24, 2.45) is 4.99 Å². The van der Waals surface area contributed by atoms with Gasteiger partial charge in [-0.2, -0.15) is 0 Å². The van der Waals surface area contributed by atoms with Crippen LogP contribution in [0.1, 0.15) is 5.56 Å². The van der Waals surface area contributed by atoms with Crippen molar-refractivity contribution in [3.63, 3.8) is 0 Å². The van der Waals surface area contributed by atoms with E-state index in [1.807, 2.05) is 29.0 Å². The number of benzene rings is 1. The second-order valence-corrected chi connectivity index (χ2v) is 4.59. The zero-order valence-corrected chi connectivity index (χ0v) is 10.3. The Morgan fingerprint density at radius 1 is 1.18 bits per heavy atom. The predicted molar refractivity (Wildman–Crippen MR) is 71.6 cm³/mol. The lowest BCUT2D eigenvalue weighted by Gasteiger charge is -2.13. The van der Waals surface area contributed by atoms with Gasteiger partial charge in [-0.3, -0.25) is 4.99 Å². The Hall–Kier alpha value is -1.45. The van der Waals surface area contributed by atoms with Crippen molar-refractivity contribution < 1.29 is 0 Å². The summed E-state index contributed by atoms with van der Waals surface area (Å²) in [6.07, 6.45) is 3.70. The standard InChI is InChI=1S/C12H9Cl2N3/c13-10-2-1-9(5-11(10)14)17-4-3-8-6-15-7-16-12(8)17/h1-5,7H,6H2,(H,15,16). The van der Waals surface area contributed by atoms with Gasteiger partial charge in [0.25, 0.3) is 0 Å². The summed E-state index contributed by atoms with van der Waals surface area (Å²) in [5.74, 6) is 1.03. The zero-order chi connectivity index (χ0) is 11.8. The third kappa shape index (κ3) is 1.81. The molecule has 17 heavy (non-hydrogen) atoms. The lowest BCUT2D eigenvalue weighted by Crippen LogP contribution is -2.08. The molecule has 1 aliphatic rings. The SMILES string of the molecule is Clc1ccc(-n2ccc3c2NC=NC3)cc1Cl. The van der Waals surface area contributed by atoms with Crippen LogP contribution in [-0.2, 0) is 6.54 Å². The topological polar surface area (TPSA) is 29.3 Å². The molecule has 0 bridgehead atoms. The molecule has 0 amide bonds. The zero-order valence-electron chi connectivity index (χ0n) is 8.82. The van der Waals surface area contributed by atoms with Gasteiger partial charge in [-0.25, -0.2) is 0 Å². The summed E-state index contributed by atoms with van der Waals surface area (Å²) in [4.78, 5) is 4.16. The Kier molecular flexibility index (Phi) is 2.57. The quantitative estimate of drug-likeness (QED) is 0.837. The molecule has 0 atom stereocenters. The molecule has 86 valence electrons. The molecule has 1 N–H and O–H groups in total. The first-order valence-corrected chi connectivity index (χ1v) is 5.92. The highest BCUT2D eigenvalue weighted by molar-refractivity contribution is 6.42. The Bertz CT molecular complexity index is 602. The summed E-state index contributed by atoms with van der Waals surface area (Å²) in [6.45, 7) is 0.705. The largest absolute Gasteiger partial charge is 0.332 e. The molecule has 3 rings (SSSR count). The van der Waals surface area contributed by atoms with E-state index >= 15 is 0 Å². The number of anilines is 1. The molecule has 3 nitrogen and oxygen atoms in total. The monoisotopic (exact) mass is 265 g/mol. The van der Waals surface area contributed by atoms with E-state index in [4.69, 9.17) is 23.2 Å². The van der Waals surface area contributed by atoms with Crippen LogP contribution in [0, 0.1) is 0 Å². The predicted octanol–water partition coefficient (Wildman–Crippen LogP) is 3.74. The van der Waals surface area contributed by atoms with Crippen molar-refractivity contribution in [1.82, 2.24) is 4.57 Å². The van der Waals surface area contributed by atoms with Gasteiger partial charge < -0.3 is 9.88 Å². The van der Waals surface area contributed by atoms with Crippen molar-refractivity contribution in [2.45, 2.75) is 6.54 Å². The van der Waals surface area contributed by atoms with Gasteiger partial charge in [-0.1, -0.05) is 23.2 Å². The fourth-order valence-electron chi connectivity index (χ4n) is 1.86. The van der Waals surface area contributed by atoms with Gasteiger partial charge in [-0.15, -0.1) is 0 Å². The van der Waals surface area contributed by atoms with E-state index < -0.39 is 0 Å². The summed E-state index contributed by atoms with van der Waals surface area (Å²) in [5.41, 5.74) is 2.14. The molecule has 5 heteroatoms. The van der Waals surface area contributed by atoms with E-state index in [0.29, 0.717) is 16.6 Å². The first-order chi connectivity index (χ1) is 8.25.